The van der Waals surface area contributed by atoms with Gasteiger partial charge in [0.1, 0.15) is 11.6 Å². The molecule has 0 bridgehead atoms. The molecule has 0 saturated carbocycles. The molecule has 0 atom stereocenters. The first-order valence-electron chi connectivity index (χ1n) is 6.20. The van der Waals surface area contributed by atoms with E-state index in [0.717, 1.165) is 0 Å². The highest BCUT2D eigenvalue weighted by molar-refractivity contribution is 5.02. The predicted molar refractivity (Wildman–Crippen MR) is 75.5 cm³/mol. The molecule has 2 rings (SSSR count). The van der Waals surface area contributed by atoms with Crippen LogP contribution >= 0.6 is 0 Å². The predicted octanol–water partition coefficient (Wildman–Crippen LogP) is 5.70. The van der Waals surface area contributed by atoms with Gasteiger partial charge in [-0.15, -0.1) is 0 Å². The monoisotopic (exact) mass is 252 g/mol. The summed E-state index contributed by atoms with van der Waals surface area (Å²) in [7, 11) is 0. The number of hydrogen-bond donors (Lipinski definition) is 0. The summed E-state index contributed by atoms with van der Waals surface area (Å²) in [6, 6.07) is 15.9. The molecule has 0 aromatic heterocycles. The van der Waals surface area contributed by atoms with E-state index in [9.17, 15) is 8.78 Å². The molecule has 0 N–H and O–H groups in total. The first-order chi connectivity index (χ1) is 8.79. The van der Waals surface area contributed by atoms with E-state index in [0.29, 0.717) is 0 Å². The van der Waals surface area contributed by atoms with Gasteiger partial charge in [0.25, 0.3) is 0 Å². The van der Waals surface area contributed by atoms with E-state index < -0.39 is 0 Å². The largest absolute Gasteiger partial charge is 0.207 e. The first-order valence-corrected chi connectivity index (χ1v) is 6.20. The Balaban J connectivity index is 0. The van der Waals surface area contributed by atoms with Crippen molar-refractivity contribution in [3.63, 3.8) is 0 Å². The van der Waals surface area contributed by atoms with Crippen molar-refractivity contribution in [1.29, 1.82) is 0 Å². The molecule has 0 saturated heterocycles. The Morgan fingerprint density at radius 3 is 0.833 bits per heavy atom. The van der Waals surface area contributed by atoms with Crippen LogP contribution in [0.2, 0.25) is 0 Å². The quantitative estimate of drug-likeness (QED) is 0.564. The first kappa shape index (κ1) is 18.7. The molecule has 0 aliphatic carbocycles. The summed E-state index contributed by atoms with van der Waals surface area (Å²) >= 11 is 0. The Labute approximate surface area is 109 Å². The molecule has 18 heavy (non-hydrogen) atoms. The average Bonchev–Trinajstić information content (AvgIpc) is 2.46. The molecule has 2 aromatic carbocycles. The van der Waals surface area contributed by atoms with E-state index in [-0.39, 0.29) is 11.6 Å². The minimum Gasteiger partial charge on any atom is -0.207 e. The maximum absolute atomic E-state index is 11.9. The fraction of sp³-hybridized carbons (Fsp3) is 0.250. The lowest BCUT2D eigenvalue weighted by atomic mass is 10.4. The van der Waals surface area contributed by atoms with Gasteiger partial charge in [0.15, 0.2) is 0 Å². The molecule has 0 unspecified atom stereocenters. The molecule has 0 radical (unpaired) electrons. The van der Waals surface area contributed by atoms with Crippen LogP contribution in [-0.2, 0) is 0 Å². The second-order valence-corrected chi connectivity index (χ2v) is 2.59. The maximum Gasteiger partial charge on any atom is 0.123 e. The Hall–Kier alpha value is -1.70. The highest BCUT2D eigenvalue weighted by Crippen LogP contribution is 1.92. The van der Waals surface area contributed by atoms with Gasteiger partial charge in [-0.1, -0.05) is 64.1 Å². The zero-order chi connectivity index (χ0) is 14.2. The van der Waals surface area contributed by atoms with Crippen molar-refractivity contribution in [1.82, 2.24) is 0 Å². The van der Waals surface area contributed by atoms with Crippen LogP contribution in [0.5, 0.6) is 0 Å². The van der Waals surface area contributed by atoms with E-state index in [1.54, 1.807) is 36.4 Å². The SMILES string of the molecule is CC.CC.Fc1ccccc1.Fc1ccccc1. The number of benzene rings is 2. The molecule has 0 aliphatic heterocycles. The summed E-state index contributed by atoms with van der Waals surface area (Å²) in [5, 5.41) is 0. The summed E-state index contributed by atoms with van der Waals surface area (Å²) < 4.78 is 23.8. The van der Waals surface area contributed by atoms with Gasteiger partial charge < -0.3 is 0 Å². The Morgan fingerprint density at radius 1 is 0.500 bits per heavy atom. The topological polar surface area (TPSA) is 0 Å². The van der Waals surface area contributed by atoms with E-state index in [1.165, 1.54) is 24.3 Å². The van der Waals surface area contributed by atoms with E-state index in [2.05, 4.69) is 0 Å². The lowest BCUT2D eigenvalue weighted by molar-refractivity contribution is 0.627. The van der Waals surface area contributed by atoms with Crippen LogP contribution in [0, 0.1) is 11.6 Å². The Morgan fingerprint density at radius 2 is 0.722 bits per heavy atom. The zero-order valence-corrected chi connectivity index (χ0v) is 11.5. The van der Waals surface area contributed by atoms with E-state index in [4.69, 9.17) is 0 Å². The minimum atomic E-state index is -0.178. The molecular weight excluding hydrogens is 230 g/mol. The third kappa shape index (κ3) is 12.4. The average molecular weight is 252 g/mol. The molecule has 0 aliphatic rings. The van der Waals surface area contributed by atoms with Gasteiger partial charge in [0.2, 0.25) is 0 Å². The normalized spacial score (nSPS) is 7.44. The summed E-state index contributed by atoms with van der Waals surface area (Å²) in [6.07, 6.45) is 0. The fourth-order valence-corrected chi connectivity index (χ4v) is 0.829. The van der Waals surface area contributed by atoms with Gasteiger partial charge >= 0.3 is 0 Å². The van der Waals surface area contributed by atoms with Crippen molar-refractivity contribution >= 4 is 0 Å². The summed E-state index contributed by atoms with van der Waals surface area (Å²) in [5.41, 5.74) is 0. The van der Waals surface area contributed by atoms with Crippen LogP contribution in [0.15, 0.2) is 60.7 Å². The second kappa shape index (κ2) is 15.3. The maximum atomic E-state index is 11.9. The lowest BCUT2D eigenvalue weighted by Gasteiger charge is -1.78. The molecule has 2 heteroatoms. The number of halogens is 2. The number of rotatable bonds is 0. The smallest absolute Gasteiger partial charge is 0.123 e. The Kier molecular flexibility index (Phi) is 15.9. The third-order valence-electron chi connectivity index (χ3n) is 1.47. The molecule has 0 spiro atoms. The summed E-state index contributed by atoms with van der Waals surface area (Å²) in [4.78, 5) is 0. The van der Waals surface area contributed by atoms with E-state index in [1.807, 2.05) is 27.7 Å². The second-order valence-electron chi connectivity index (χ2n) is 2.59. The highest BCUT2D eigenvalue weighted by Gasteiger charge is 1.77. The lowest BCUT2D eigenvalue weighted by Crippen LogP contribution is -1.63. The standard InChI is InChI=1S/2C6H5F.2C2H6/c2*7-6-4-2-1-3-5-6;2*1-2/h2*1-5H;2*1-2H3. The summed E-state index contributed by atoms with van der Waals surface area (Å²) in [5.74, 6) is -0.356. The highest BCUT2D eigenvalue weighted by atomic mass is 19.1. The van der Waals surface area contributed by atoms with Gasteiger partial charge in [-0.25, -0.2) is 8.78 Å². The van der Waals surface area contributed by atoms with Gasteiger partial charge in [-0.05, 0) is 24.3 Å². The van der Waals surface area contributed by atoms with E-state index >= 15 is 0 Å². The van der Waals surface area contributed by atoms with Crippen molar-refractivity contribution in [3.05, 3.63) is 72.3 Å². The van der Waals surface area contributed by atoms with Crippen LogP contribution in [0.4, 0.5) is 8.78 Å². The van der Waals surface area contributed by atoms with Crippen molar-refractivity contribution < 1.29 is 8.78 Å². The zero-order valence-electron chi connectivity index (χ0n) is 11.5. The third-order valence-corrected chi connectivity index (χ3v) is 1.47. The Bertz CT molecular complexity index is 306. The molecular formula is C16H22F2. The van der Waals surface area contributed by atoms with Crippen LogP contribution in [0.25, 0.3) is 0 Å². The van der Waals surface area contributed by atoms with Crippen LogP contribution in [-0.4, -0.2) is 0 Å². The number of hydrogen-bond acceptors (Lipinski definition) is 0. The molecule has 100 valence electrons. The van der Waals surface area contributed by atoms with Crippen molar-refractivity contribution in [2.75, 3.05) is 0 Å². The molecule has 0 nitrogen and oxygen atoms in total. The van der Waals surface area contributed by atoms with Gasteiger partial charge in [-0.2, -0.15) is 0 Å². The van der Waals surface area contributed by atoms with Crippen LogP contribution < -0.4 is 0 Å². The van der Waals surface area contributed by atoms with Gasteiger partial charge in [0, 0.05) is 0 Å². The van der Waals surface area contributed by atoms with Crippen molar-refractivity contribution in [2.45, 2.75) is 27.7 Å². The molecule has 2 aromatic rings. The van der Waals surface area contributed by atoms with Gasteiger partial charge in [-0.3, -0.25) is 0 Å². The summed E-state index contributed by atoms with van der Waals surface area (Å²) in [6.45, 7) is 8.00. The molecule has 0 amide bonds. The minimum absolute atomic E-state index is 0.178. The van der Waals surface area contributed by atoms with Gasteiger partial charge in [0.05, 0.1) is 0 Å². The molecule has 0 heterocycles. The van der Waals surface area contributed by atoms with Crippen molar-refractivity contribution in [2.24, 2.45) is 0 Å². The van der Waals surface area contributed by atoms with Crippen LogP contribution in [0.3, 0.4) is 0 Å². The molecule has 0 fully saturated rings. The fourth-order valence-electron chi connectivity index (χ4n) is 0.829. The van der Waals surface area contributed by atoms with Crippen LogP contribution in [0.1, 0.15) is 27.7 Å². The van der Waals surface area contributed by atoms with Crippen molar-refractivity contribution in [3.8, 4) is 0 Å².